The Morgan fingerprint density at radius 2 is 1.70 bits per heavy atom. The van der Waals surface area contributed by atoms with E-state index in [0.717, 1.165) is 29.8 Å². The summed E-state index contributed by atoms with van der Waals surface area (Å²) in [6.45, 7) is -0.0959. The number of carboxylic acids is 1. The smallest absolute Gasteiger partial charge is 0.309 e. The van der Waals surface area contributed by atoms with Crippen molar-refractivity contribution in [2.24, 2.45) is 5.92 Å². The van der Waals surface area contributed by atoms with Crippen LogP contribution in [0.5, 0.6) is 0 Å². The van der Waals surface area contributed by atoms with E-state index in [2.05, 4.69) is 0 Å². The van der Waals surface area contributed by atoms with Crippen molar-refractivity contribution in [3.8, 4) is 0 Å². The number of nitrogens with zero attached hydrogens (tertiary/aromatic N) is 2. The maximum Gasteiger partial charge on any atom is 0.309 e. The summed E-state index contributed by atoms with van der Waals surface area (Å²) in [6, 6.07) is 0. The molecule has 1 unspecified atom stereocenters. The van der Waals surface area contributed by atoms with E-state index < -0.39 is 33.4 Å². The number of rotatable bonds is 3. The summed E-state index contributed by atoms with van der Waals surface area (Å²) in [7, 11) is -3.54. The van der Waals surface area contributed by atoms with Crippen LogP contribution in [-0.4, -0.2) is 77.7 Å². The Labute approximate surface area is 136 Å². The molecule has 0 spiro atoms. The second-order valence-electron chi connectivity index (χ2n) is 6.50. The molecular formula is C14H24N2O6S. The number of aliphatic hydroxyl groups is 1. The Morgan fingerprint density at radius 1 is 1.09 bits per heavy atom. The average molecular weight is 348 g/mol. The Bertz CT molecular complexity index is 570. The number of carboxylic acid groups (broad SMARTS) is 1. The van der Waals surface area contributed by atoms with Crippen LogP contribution in [0.4, 0.5) is 0 Å². The van der Waals surface area contributed by atoms with Gasteiger partial charge in [0.25, 0.3) is 5.91 Å². The van der Waals surface area contributed by atoms with E-state index in [-0.39, 0.29) is 26.2 Å². The van der Waals surface area contributed by atoms with Crippen LogP contribution in [0.3, 0.4) is 0 Å². The van der Waals surface area contributed by atoms with Crippen LogP contribution in [0.1, 0.15) is 32.1 Å². The molecule has 2 N–H and O–H groups in total. The van der Waals surface area contributed by atoms with Gasteiger partial charge in [0, 0.05) is 26.2 Å². The Balaban J connectivity index is 2.19. The zero-order valence-electron chi connectivity index (χ0n) is 13.3. The van der Waals surface area contributed by atoms with Gasteiger partial charge in [0.1, 0.15) is 5.60 Å². The van der Waals surface area contributed by atoms with Crippen molar-refractivity contribution in [2.45, 2.75) is 37.7 Å². The third-order valence-electron chi connectivity index (χ3n) is 4.67. The summed E-state index contributed by atoms with van der Waals surface area (Å²) in [5.74, 6) is -2.61. The molecule has 1 heterocycles. The van der Waals surface area contributed by atoms with Gasteiger partial charge in [-0.15, -0.1) is 0 Å². The summed E-state index contributed by atoms with van der Waals surface area (Å²) < 4.78 is 24.5. The molecule has 1 amide bonds. The molecule has 0 aromatic carbocycles. The van der Waals surface area contributed by atoms with Crippen LogP contribution in [0.2, 0.25) is 0 Å². The lowest BCUT2D eigenvalue weighted by Gasteiger charge is -2.35. The molecule has 1 atom stereocenters. The van der Waals surface area contributed by atoms with Gasteiger partial charge in [0.2, 0.25) is 10.0 Å². The minimum atomic E-state index is -3.54. The van der Waals surface area contributed by atoms with Crippen LogP contribution in [-0.2, 0) is 19.6 Å². The van der Waals surface area contributed by atoms with Crippen LogP contribution in [0, 0.1) is 5.92 Å². The fourth-order valence-electron chi connectivity index (χ4n) is 3.27. The Kier molecular flexibility index (Phi) is 5.32. The summed E-state index contributed by atoms with van der Waals surface area (Å²) >= 11 is 0. The minimum absolute atomic E-state index is 0.0461. The molecule has 0 aromatic rings. The van der Waals surface area contributed by atoms with Gasteiger partial charge in [-0.3, -0.25) is 9.59 Å². The van der Waals surface area contributed by atoms with Gasteiger partial charge in [-0.2, -0.15) is 4.31 Å². The van der Waals surface area contributed by atoms with Gasteiger partial charge < -0.3 is 15.1 Å². The summed E-state index contributed by atoms with van der Waals surface area (Å²) in [5.41, 5.74) is -1.44. The molecular weight excluding hydrogens is 324 g/mol. The van der Waals surface area contributed by atoms with E-state index in [4.69, 9.17) is 0 Å². The highest BCUT2D eigenvalue weighted by molar-refractivity contribution is 7.88. The quantitative estimate of drug-likeness (QED) is 0.709. The van der Waals surface area contributed by atoms with Crippen molar-refractivity contribution in [1.82, 2.24) is 9.21 Å². The second kappa shape index (κ2) is 6.74. The molecule has 23 heavy (non-hydrogen) atoms. The molecule has 8 nitrogen and oxygen atoms in total. The fraction of sp³-hybridized carbons (Fsp3) is 0.857. The zero-order valence-corrected chi connectivity index (χ0v) is 14.1. The number of amides is 1. The fourth-order valence-corrected chi connectivity index (χ4v) is 4.14. The summed E-state index contributed by atoms with van der Waals surface area (Å²) in [5, 5.41) is 19.9. The van der Waals surface area contributed by atoms with Crippen molar-refractivity contribution in [3.63, 3.8) is 0 Å². The first-order valence-corrected chi connectivity index (χ1v) is 9.68. The Hall–Kier alpha value is -1.19. The first-order valence-electron chi connectivity index (χ1n) is 7.83. The number of carbonyl (C=O) groups is 2. The lowest BCUT2D eigenvalue weighted by molar-refractivity contribution is -0.156. The predicted octanol–water partition coefficient (Wildman–Crippen LogP) is -0.514. The topological polar surface area (TPSA) is 115 Å². The van der Waals surface area contributed by atoms with Crippen molar-refractivity contribution >= 4 is 21.9 Å². The van der Waals surface area contributed by atoms with Gasteiger partial charge in [-0.05, 0) is 12.8 Å². The summed E-state index contributed by atoms with van der Waals surface area (Å²) in [6.07, 6.45) is 4.25. The number of hydrogen-bond donors (Lipinski definition) is 2. The van der Waals surface area contributed by atoms with Crippen molar-refractivity contribution < 1.29 is 28.2 Å². The van der Waals surface area contributed by atoms with Crippen molar-refractivity contribution in [1.29, 1.82) is 0 Å². The third kappa shape index (κ3) is 4.21. The first-order chi connectivity index (χ1) is 10.6. The number of hydrogen-bond acceptors (Lipinski definition) is 5. The number of sulfonamides is 1. The molecule has 132 valence electrons. The lowest BCUT2D eigenvalue weighted by Crippen LogP contribution is -2.52. The van der Waals surface area contributed by atoms with Crippen molar-refractivity contribution in [2.75, 3.05) is 32.4 Å². The second-order valence-corrected chi connectivity index (χ2v) is 8.48. The SMILES string of the molecule is CS(=O)(=O)N1CCN(C(=O)C2(O)CCCCC2)CC(C(=O)O)C1. The highest BCUT2D eigenvalue weighted by atomic mass is 32.2. The highest BCUT2D eigenvalue weighted by Crippen LogP contribution is 2.30. The van der Waals surface area contributed by atoms with Gasteiger partial charge in [0.05, 0.1) is 12.2 Å². The van der Waals surface area contributed by atoms with Gasteiger partial charge in [-0.25, -0.2) is 8.42 Å². The van der Waals surface area contributed by atoms with Crippen LogP contribution >= 0.6 is 0 Å². The molecule has 1 aliphatic heterocycles. The first kappa shape index (κ1) is 18.2. The molecule has 0 aromatic heterocycles. The van der Waals surface area contributed by atoms with Crippen LogP contribution in [0.15, 0.2) is 0 Å². The predicted molar refractivity (Wildman–Crippen MR) is 82.2 cm³/mol. The molecule has 9 heteroatoms. The monoisotopic (exact) mass is 348 g/mol. The van der Waals surface area contributed by atoms with Crippen LogP contribution in [0.25, 0.3) is 0 Å². The summed E-state index contributed by atoms with van der Waals surface area (Å²) in [4.78, 5) is 25.4. The lowest BCUT2D eigenvalue weighted by atomic mass is 9.83. The zero-order chi connectivity index (χ0) is 17.3. The molecule has 0 bridgehead atoms. The van der Waals surface area contributed by atoms with E-state index in [0.29, 0.717) is 12.8 Å². The average Bonchev–Trinajstić information content (AvgIpc) is 2.70. The van der Waals surface area contributed by atoms with E-state index >= 15 is 0 Å². The van der Waals surface area contributed by atoms with Crippen LogP contribution < -0.4 is 0 Å². The number of aliphatic carboxylic acids is 1. The van der Waals surface area contributed by atoms with E-state index in [1.807, 2.05) is 0 Å². The van der Waals surface area contributed by atoms with Gasteiger partial charge in [-0.1, -0.05) is 19.3 Å². The Morgan fingerprint density at radius 3 is 2.22 bits per heavy atom. The molecule has 0 radical (unpaired) electrons. The minimum Gasteiger partial charge on any atom is -0.481 e. The van der Waals surface area contributed by atoms with Gasteiger partial charge in [0.15, 0.2) is 0 Å². The molecule has 2 fully saturated rings. The highest BCUT2D eigenvalue weighted by Gasteiger charge is 2.42. The molecule has 2 rings (SSSR count). The third-order valence-corrected chi connectivity index (χ3v) is 5.94. The van der Waals surface area contributed by atoms with Gasteiger partial charge >= 0.3 is 5.97 Å². The van der Waals surface area contributed by atoms with E-state index in [1.54, 1.807) is 0 Å². The standard InChI is InChI=1S/C14H24N2O6S/c1-23(21,22)16-8-7-15(9-11(10-16)12(17)18)13(19)14(20)5-3-2-4-6-14/h11,20H,2-10H2,1H3,(H,17,18). The van der Waals surface area contributed by atoms with E-state index in [9.17, 15) is 28.2 Å². The maximum atomic E-state index is 12.7. The molecule has 1 saturated carbocycles. The molecule has 1 aliphatic carbocycles. The van der Waals surface area contributed by atoms with Crippen molar-refractivity contribution in [3.05, 3.63) is 0 Å². The number of carbonyl (C=O) groups excluding carboxylic acids is 1. The largest absolute Gasteiger partial charge is 0.481 e. The van der Waals surface area contributed by atoms with E-state index in [1.165, 1.54) is 4.90 Å². The maximum absolute atomic E-state index is 12.7. The molecule has 2 aliphatic rings. The normalized spacial score (nSPS) is 26.5. The molecule has 1 saturated heterocycles.